The molecule has 0 aliphatic heterocycles. The highest BCUT2D eigenvalue weighted by atomic mass is 32.2. The van der Waals surface area contributed by atoms with E-state index in [0.29, 0.717) is 23.1 Å². The van der Waals surface area contributed by atoms with E-state index in [0.717, 1.165) is 11.8 Å². The molecule has 24 heavy (non-hydrogen) atoms. The summed E-state index contributed by atoms with van der Waals surface area (Å²) in [7, 11) is 0. The van der Waals surface area contributed by atoms with Crippen molar-refractivity contribution in [2.45, 2.75) is 23.9 Å². The van der Waals surface area contributed by atoms with Crippen LogP contribution in [0.5, 0.6) is 0 Å². The largest absolute Gasteiger partial charge is 0.351 e. The number of amides is 3. The molecule has 1 aromatic heterocycles. The Morgan fingerprint density at radius 2 is 2.08 bits per heavy atom. The summed E-state index contributed by atoms with van der Waals surface area (Å²) in [6.07, 6.45) is 1.66. The van der Waals surface area contributed by atoms with E-state index in [-0.39, 0.29) is 5.82 Å². The normalized spacial score (nSPS) is 11.8. The summed E-state index contributed by atoms with van der Waals surface area (Å²) in [5, 5.41) is 10.1. The van der Waals surface area contributed by atoms with Gasteiger partial charge in [0.05, 0.1) is 5.25 Å². The van der Waals surface area contributed by atoms with Crippen LogP contribution < -0.4 is 11.1 Å². The molecule has 3 amide bonds. The average Bonchev–Trinajstić information content (AvgIpc) is 2.90. The lowest BCUT2D eigenvalue weighted by molar-refractivity contribution is -0.119. The first-order chi connectivity index (χ1) is 11.4. The van der Waals surface area contributed by atoms with Crippen LogP contribution in [0.2, 0.25) is 0 Å². The number of carbonyl (C=O) groups is 2. The fraction of sp³-hybridized carbons (Fsp3) is 0.200. The van der Waals surface area contributed by atoms with Crippen molar-refractivity contribution < 1.29 is 14.0 Å². The van der Waals surface area contributed by atoms with E-state index in [1.807, 2.05) is 5.32 Å². The van der Waals surface area contributed by atoms with Crippen LogP contribution in [0, 0.1) is 5.82 Å². The zero-order valence-corrected chi connectivity index (χ0v) is 13.7. The van der Waals surface area contributed by atoms with Crippen molar-refractivity contribution in [1.29, 1.82) is 0 Å². The van der Waals surface area contributed by atoms with Crippen LogP contribution in [0.1, 0.15) is 6.92 Å². The Kier molecular flexibility index (Phi) is 5.69. The van der Waals surface area contributed by atoms with Gasteiger partial charge >= 0.3 is 6.03 Å². The molecule has 0 unspecified atom stereocenters. The Labute approximate surface area is 142 Å². The molecule has 1 atom stereocenters. The van der Waals surface area contributed by atoms with Gasteiger partial charge in [0.1, 0.15) is 5.82 Å². The summed E-state index contributed by atoms with van der Waals surface area (Å²) >= 11 is 1.13. The van der Waals surface area contributed by atoms with Gasteiger partial charge in [0.15, 0.2) is 11.0 Å². The highest BCUT2D eigenvalue weighted by Crippen LogP contribution is 2.27. The summed E-state index contributed by atoms with van der Waals surface area (Å²) in [6, 6.07) is 4.94. The summed E-state index contributed by atoms with van der Waals surface area (Å²) in [6.45, 7) is 5.72. The first-order valence-electron chi connectivity index (χ1n) is 6.99. The lowest BCUT2D eigenvalue weighted by Crippen LogP contribution is -2.39. The van der Waals surface area contributed by atoms with Gasteiger partial charge < -0.3 is 5.73 Å². The van der Waals surface area contributed by atoms with E-state index in [4.69, 9.17) is 5.73 Å². The summed E-state index contributed by atoms with van der Waals surface area (Å²) in [4.78, 5) is 22.5. The maximum atomic E-state index is 13.1. The van der Waals surface area contributed by atoms with Crippen LogP contribution >= 0.6 is 11.8 Å². The second-order valence-corrected chi connectivity index (χ2v) is 6.13. The van der Waals surface area contributed by atoms with E-state index in [9.17, 15) is 14.0 Å². The molecule has 0 radical (unpaired) electrons. The number of nitrogens with zero attached hydrogens (tertiary/aromatic N) is 3. The Morgan fingerprint density at radius 1 is 1.42 bits per heavy atom. The Bertz CT molecular complexity index is 760. The van der Waals surface area contributed by atoms with Crippen molar-refractivity contribution in [1.82, 2.24) is 20.1 Å². The number of rotatable bonds is 6. The molecule has 7 nitrogen and oxygen atoms in total. The number of carbonyl (C=O) groups excluding carboxylic acids is 2. The number of hydrogen-bond donors (Lipinski definition) is 2. The van der Waals surface area contributed by atoms with E-state index in [2.05, 4.69) is 16.8 Å². The molecule has 0 aliphatic rings. The molecule has 0 saturated heterocycles. The maximum absolute atomic E-state index is 13.1. The van der Waals surface area contributed by atoms with Crippen LogP contribution in [-0.4, -0.2) is 32.0 Å². The number of aromatic nitrogens is 3. The third-order valence-corrected chi connectivity index (χ3v) is 4.11. The van der Waals surface area contributed by atoms with Crippen LogP contribution in [0.25, 0.3) is 11.4 Å². The van der Waals surface area contributed by atoms with Crippen molar-refractivity contribution in [3.8, 4) is 11.4 Å². The topological polar surface area (TPSA) is 103 Å². The lowest BCUT2D eigenvalue weighted by Gasteiger charge is -2.11. The molecular weight excluding hydrogens is 333 g/mol. The minimum absolute atomic E-state index is 0.347. The molecule has 0 saturated carbocycles. The van der Waals surface area contributed by atoms with E-state index in [1.165, 1.54) is 12.1 Å². The smallest absolute Gasteiger partial charge is 0.318 e. The van der Waals surface area contributed by atoms with Crippen LogP contribution in [0.4, 0.5) is 9.18 Å². The Morgan fingerprint density at radius 3 is 2.67 bits per heavy atom. The van der Waals surface area contributed by atoms with Gasteiger partial charge in [0, 0.05) is 12.1 Å². The highest BCUT2D eigenvalue weighted by Gasteiger charge is 2.21. The molecule has 0 bridgehead atoms. The number of halogens is 1. The molecule has 126 valence electrons. The number of allylic oxidation sites excluding steroid dienone is 1. The zero-order valence-electron chi connectivity index (χ0n) is 12.9. The predicted octanol–water partition coefficient (Wildman–Crippen LogP) is 1.95. The van der Waals surface area contributed by atoms with Gasteiger partial charge in [-0.15, -0.1) is 16.8 Å². The third-order valence-electron chi connectivity index (χ3n) is 3.03. The quantitative estimate of drug-likeness (QED) is 0.613. The fourth-order valence-electron chi connectivity index (χ4n) is 1.92. The van der Waals surface area contributed by atoms with Crippen molar-refractivity contribution in [3.63, 3.8) is 0 Å². The maximum Gasteiger partial charge on any atom is 0.318 e. The molecule has 9 heteroatoms. The molecule has 0 spiro atoms. The standard InChI is InChI=1S/C15H16FN5O2S/c1-3-8-21-12(10-4-6-11(16)7-5-10)19-20-15(21)24-9(2)13(22)18-14(17)23/h3-7,9H,1,8H2,2H3,(H3,17,18,22,23)/t9-/m0/s1. The molecule has 1 aromatic carbocycles. The Balaban J connectivity index is 2.27. The van der Waals surface area contributed by atoms with E-state index < -0.39 is 17.2 Å². The SMILES string of the molecule is C=CCn1c(S[C@@H](C)C(=O)NC(N)=O)nnc1-c1ccc(F)cc1. The number of hydrogen-bond acceptors (Lipinski definition) is 5. The van der Waals surface area contributed by atoms with Crippen LogP contribution in [0.3, 0.4) is 0 Å². The van der Waals surface area contributed by atoms with Crippen molar-refractivity contribution >= 4 is 23.7 Å². The van der Waals surface area contributed by atoms with Crippen molar-refractivity contribution in [3.05, 3.63) is 42.7 Å². The average molecular weight is 349 g/mol. The highest BCUT2D eigenvalue weighted by molar-refractivity contribution is 8.00. The van der Waals surface area contributed by atoms with Crippen LogP contribution in [-0.2, 0) is 11.3 Å². The lowest BCUT2D eigenvalue weighted by atomic mass is 10.2. The number of imide groups is 1. The third kappa shape index (κ3) is 4.19. The zero-order chi connectivity index (χ0) is 17.7. The van der Waals surface area contributed by atoms with Gasteiger partial charge in [-0.2, -0.15) is 0 Å². The predicted molar refractivity (Wildman–Crippen MR) is 88.7 cm³/mol. The minimum Gasteiger partial charge on any atom is -0.351 e. The van der Waals surface area contributed by atoms with Crippen molar-refractivity contribution in [2.24, 2.45) is 5.73 Å². The molecule has 3 N–H and O–H groups in total. The van der Waals surface area contributed by atoms with Gasteiger partial charge in [-0.3, -0.25) is 14.7 Å². The number of urea groups is 1. The number of thioether (sulfide) groups is 1. The molecule has 0 aliphatic carbocycles. The molecule has 0 fully saturated rings. The van der Waals surface area contributed by atoms with Gasteiger partial charge in [0.25, 0.3) is 0 Å². The number of nitrogens with one attached hydrogen (secondary N) is 1. The summed E-state index contributed by atoms with van der Waals surface area (Å²) in [5.41, 5.74) is 5.62. The first-order valence-corrected chi connectivity index (χ1v) is 7.87. The van der Waals surface area contributed by atoms with E-state index in [1.54, 1.807) is 29.7 Å². The van der Waals surface area contributed by atoms with Gasteiger partial charge in [-0.25, -0.2) is 9.18 Å². The molecular formula is C15H16FN5O2S. The second kappa shape index (κ2) is 7.73. The first kappa shape index (κ1) is 17.7. The molecule has 1 heterocycles. The number of primary amides is 1. The van der Waals surface area contributed by atoms with Crippen molar-refractivity contribution in [2.75, 3.05) is 0 Å². The summed E-state index contributed by atoms with van der Waals surface area (Å²) in [5.74, 6) is -0.344. The van der Waals surface area contributed by atoms with Gasteiger partial charge in [-0.1, -0.05) is 17.8 Å². The minimum atomic E-state index is -0.910. The monoisotopic (exact) mass is 349 g/mol. The molecule has 2 aromatic rings. The van der Waals surface area contributed by atoms with Crippen LogP contribution in [0.15, 0.2) is 42.1 Å². The number of nitrogens with two attached hydrogens (primary N) is 1. The molecule has 2 rings (SSSR count). The van der Waals surface area contributed by atoms with E-state index >= 15 is 0 Å². The Hall–Kier alpha value is -2.68. The summed E-state index contributed by atoms with van der Waals surface area (Å²) < 4.78 is 14.8. The van der Waals surface area contributed by atoms with Gasteiger partial charge in [-0.05, 0) is 31.2 Å². The van der Waals surface area contributed by atoms with Gasteiger partial charge in [0.2, 0.25) is 5.91 Å². The number of benzene rings is 1. The fourth-order valence-corrected chi connectivity index (χ4v) is 2.78. The second-order valence-electron chi connectivity index (χ2n) is 4.83.